The van der Waals surface area contributed by atoms with Gasteiger partial charge < -0.3 is 5.73 Å². The Morgan fingerprint density at radius 3 is 2.44 bits per heavy atom. The standard InChI is InChI=1S/C12H11F3N2S/c13-7-4-9(14)11(10(15)5-7)12-17-8(6-18-12)2-1-3-16/h4-6H,1-3,16H2. The number of hydrogen-bond donors (Lipinski definition) is 1. The molecule has 0 fully saturated rings. The first-order valence-corrected chi connectivity index (χ1v) is 6.29. The van der Waals surface area contributed by atoms with Crippen molar-refractivity contribution in [3.63, 3.8) is 0 Å². The first-order chi connectivity index (χ1) is 8.61. The zero-order valence-corrected chi connectivity index (χ0v) is 10.2. The number of hydrogen-bond acceptors (Lipinski definition) is 3. The van der Waals surface area contributed by atoms with E-state index in [1.165, 1.54) is 0 Å². The maximum absolute atomic E-state index is 13.5. The monoisotopic (exact) mass is 272 g/mol. The molecule has 2 nitrogen and oxygen atoms in total. The van der Waals surface area contributed by atoms with Crippen molar-refractivity contribution in [3.05, 3.63) is 40.7 Å². The molecule has 96 valence electrons. The highest BCUT2D eigenvalue weighted by Crippen LogP contribution is 2.29. The Kier molecular flexibility index (Phi) is 3.98. The van der Waals surface area contributed by atoms with Crippen molar-refractivity contribution in [2.75, 3.05) is 6.54 Å². The second kappa shape index (κ2) is 5.49. The minimum absolute atomic E-state index is 0.219. The molecule has 0 amide bonds. The van der Waals surface area contributed by atoms with Gasteiger partial charge >= 0.3 is 0 Å². The van der Waals surface area contributed by atoms with Crippen LogP contribution in [0.25, 0.3) is 10.6 Å². The van der Waals surface area contributed by atoms with Gasteiger partial charge in [-0.25, -0.2) is 18.2 Å². The van der Waals surface area contributed by atoms with E-state index in [0.29, 0.717) is 25.1 Å². The molecule has 0 saturated carbocycles. The van der Waals surface area contributed by atoms with E-state index < -0.39 is 17.5 Å². The summed E-state index contributed by atoms with van der Waals surface area (Å²) >= 11 is 1.13. The van der Waals surface area contributed by atoms with Crippen molar-refractivity contribution in [1.82, 2.24) is 4.98 Å². The molecule has 0 spiro atoms. The average molecular weight is 272 g/mol. The van der Waals surface area contributed by atoms with Gasteiger partial charge in [0.05, 0.1) is 11.3 Å². The molecule has 0 aliphatic rings. The second-order valence-electron chi connectivity index (χ2n) is 3.78. The number of aryl methyl sites for hydroxylation is 1. The lowest BCUT2D eigenvalue weighted by Gasteiger charge is -2.01. The third kappa shape index (κ3) is 2.70. The van der Waals surface area contributed by atoms with Crippen LogP contribution in [0, 0.1) is 17.5 Å². The van der Waals surface area contributed by atoms with Crippen molar-refractivity contribution in [2.45, 2.75) is 12.8 Å². The van der Waals surface area contributed by atoms with Gasteiger partial charge in [-0.3, -0.25) is 0 Å². The van der Waals surface area contributed by atoms with Gasteiger partial charge in [0.25, 0.3) is 0 Å². The Bertz CT molecular complexity index is 531. The summed E-state index contributed by atoms with van der Waals surface area (Å²) in [5, 5.41) is 1.95. The molecule has 0 unspecified atom stereocenters. The SMILES string of the molecule is NCCCc1csc(-c2c(F)cc(F)cc2F)n1. The predicted molar refractivity (Wildman–Crippen MR) is 64.8 cm³/mol. The zero-order chi connectivity index (χ0) is 13.1. The molecule has 0 bridgehead atoms. The largest absolute Gasteiger partial charge is 0.330 e. The second-order valence-corrected chi connectivity index (χ2v) is 4.64. The topological polar surface area (TPSA) is 38.9 Å². The van der Waals surface area contributed by atoms with Gasteiger partial charge in [0.1, 0.15) is 22.5 Å². The van der Waals surface area contributed by atoms with E-state index in [0.717, 1.165) is 23.5 Å². The van der Waals surface area contributed by atoms with Gasteiger partial charge in [0.2, 0.25) is 0 Å². The number of thiazole rings is 1. The first-order valence-electron chi connectivity index (χ1n) is 5.41. The lowest BCUT2D eigenvalue weighted by molar-refractivity contribution is 0.548. The van der Waals surface area contributed by atoms with Crippen LogP contribution in [0.2, 0.25) is 0 Å². The summed E-state index contributed by atoms with van der Waals surface area (Å²) in [4.78, 5) is 4.13. The van der Waals surface area contributed by atoms with E-state index in [4.69, 9.17) is 5.73 Å². The highest BCUT2D eigenvalue weighted by atomic mass is 32.1. The van der Waals surface area contributed by atoms with Crippen LogP contribution in [0.15, 0.2) is 17.5 Å². The lowest BCUT2D eigenvalue weighted by Crippen LogP contribution is -2.00. The van der Waals surface area contributed by atoms with E-state index in [1.807, 2.05) is 0 Å². The summed E-state index contributed by atoms with van der Waals surface area (Å²) in [6, 6.07) is 1.30. The van der Waals surface area contributed by atoms with Crippen molar-refractivity contribution < 1.29 is 13.2 Å². The fraction of sp³-hybridized carbons (Fsp3) is 0.250. The molecule has 0 radical (unpaired) electrons. The molecule has 0 saturated heterocycles. The Labute approximate surface area is 106 Å². The first kappa shape index (κ1) is 13.0. The highest BCUT2D eigenvalue weighted by Gasteiger charge is 2.16. The fourth-order valence-corrected chi connectivity index (χ4v) is 2.47. The van der Waals surface area contributed by atoms with Crippen molar-refractivity contribution >= 4 is 11.3 Å². The smallest absolute Gasteiger partial charge is 0.139 e. The zero-order valence-electron chi connectivity index (χ0n) is 9.42. The van der Waals surface area contributed by atoms with Crippen LogP contribution < -0.4 is 5.73 Å². The van der Waals surface area contributed by atoms with Gasteiger partial charge in [-0.15, -0.1) is 11.3 Å². The molecule has 1 heterocycles. The van der Waals surface area contributed by atoms with Gasteiger partial charge in [-0.2, -0.15) is 0 Å². The Morgan fingerprint density at radius 2 is 1.83 bits per heavy atom. The van der Waals surface area contributed by atoms with E-state index in [1.54, 1.807) is 5.38 Å². The van der Waals surface area contributed by atoms with Crippen LogP contribution in [-0.2, 0) is 6.42 Å². The molecule has 1 aromatic heterocycles. The van der Waals surface area contributed by atoms with E-state index in [-0.39, 0.29) is 10.6 Å². The Balaban J connectivity index is 2.34. The maximum Gasteiger partial charge on any atom is 0.139 e. The number of halogens is 3. The number of nitrogens with zero attached hydrogens (tertiary/aromatic N) is 1. The molecular formula is C12H11F3N2S. The van der Waals surface area contributed by atoms with Crippen LogP contribution in [-0.4, -0.2) is 11.5 Å². The maximum atomic E-state index is 13.5. The molecule has 18 heavy (non-hydrogen) atoms. The van der Waals surface area contributed by atoms with E-state index in [9.17, 15) is 13.2 Å². The van der Waals surface area contributed by atoms with Gasteiger partial charge in [-0.05, 0) is 19.4 Å². The van der Waals surface area contributed by atoms with Gasteiger partial charge in [-0.1, -0.05) is 0 Å². The number of benzene rings is 1. The summed E-state index contributed by atoms with van der Waals surface area (Å²) < 4.78 is 39.8. The molecule has 2 N–H and O–H groups in total. The highest BCUT2D eigenvalue weighted by molar-refractivity contribution is 7.13. The minimum atomic E-state index is -0.938. The van der Waals surface area contributed by atoms with Crippen molar-refractivity contribution in [3.8, 4) is 10.6 Å². The lowest BCUT2D eigenvalue weighted by atomic mass is 10.2. The van der Waals surface area contributed by atoms with Crippen LogP contribution in [0.3, 0.4) is 0 Å². The fourth-order valence-electron chi connectivity index (χ4n) is 1.57. The summed E-state index contributed by atoms with van der Waals surface area (Å²) in [6.45, 7) is 0.534. The quantitative estimate of drug-likeness (QED) is 0.928. The summed E-state index contributed by atoms with van der Waals surface area (Å²) in [5.41, 5.74) is 5.84. The van der Waals surface area contributed by atoms with E-state index >= 15 is 0 Å². The summed E-state index contributed by atoms with van der Waals surface area (Å²) in [7, 11) is 0. The number of aromatic nitrogens is 1. The van der Waals surface area contributed by atoms with Crippen LogP contribution in [0.1, 0.15) is 12.1 Å². The molecule has 1 aromatic carbocycles. The van der Waals surface area contributed by atoms with Gasteiger partial charge in [0.15, 0.2) is 0 Å². The van der Waals surface area contributed by atoms with Gasteiger partial charge in [0, 0.05) is 17.5 Å². The van der Waals surface area contributed by atoms with Crippen molar-refractivity contribution in [1.29, 1.82) is 0 Å². The van der Waals surface area contributed by atoms with Crippen molar-refractivity contribution in [2.24, 2.45) is 5.73 Å². The average Bonchev–Trinajstić information content (AvgIpc) is 2.73. The molecule has 2 rings (SSSR count). The Hall–Kier alpha value is -1.40. The third-order valence-corrected chi connectivity index (χ3v) is 3.32. The predicted octanol–water partition coefficient (Wildman–Crippen LogP) is 3.12. The summed E-state index contributed by atoms with van der Waals surface area (Å²) in [6.07, 6.45) is 1.43. The summed E-state index contributed by atoms with van der Waals surface area (Å²) in [5.74, 6) is -2.81. The number of rotatable bonds is 4. The normalized spacial score (nSPS) is 10.9. The molecule has 6 heteroatoms. The third-order valence-electron chi connectivity index (χ3n) is 2.41. The van der Waals surface area contributed by atoms with Crippen LogP contribution >= 0.6 is 11.3 Å². The van der Waals surface area contributed by atoms with E-state index in [2.05, 4.69) is 4.98 Å². The van der Waals surface area contributed by atoms with Crippen LogP contribution in [0.4, 0.5) is 13.2 Å². The Morgan fingerprint density at radius 1 is 1.17 bits per heavy atom. The molecule has 0 aliphatic heterocycles. The molecule has 2 aromatic rings. The molecular weight excluding hydrogens is 261 g/mol. The minimum Gasteiger partial charge on any atom is -0.330 e. The van der Waals surface area contributed by atoms with Crippen LogP contribution in [0.5, 0.6) is 0 Å². The molecule has 0 atom stereocenters. The molecule has 0 aliphatic carbocycles. The number of nitrogens with two attached hydrogens (primary N) is 1.